The van der Waals surface area contributed by atoms with Gasteiger partial charge in [0.1, 0.15) is 10.6 Å². The third kappa shape index (κ3) is 4.02. The van der Waals surface area contributed by atoms with Crippen molar-refractivity contribution in [3.8, 4) is 17.2 Å². The van der Waals surface area contributed by atoms with E-state index < -0.39 is 21.9 Å². The summed E-state index contributed by atoms with van der Waals surface area (Å²) >= 11 is 12.1. The van der Waals surface area contributed by atoms with Crippen LogP contribution in [0.15, 0.2) is 41.3 Å². The minimum Gasteiger partial charge on any atom is -0.454 e. The summed E-state index contributed by atoms with van der Waals surface area (Å²) in [6.45, 7) is 0.477. The molecule has 0 radical (unpaired) electrons. The van der Waals surface area contributed by atoms with Gasteiger partial charge in [-0.3, -0.25) is 4.79 Å². The number of carbonyl (C=O) groups is 1. The van der Waals surface area contributed by atoms with Crippen molar-refractivity contribution in [3.05, 3.63) is 46.4 Å². The van der Waals surface area contributed by atoms with Crippen LogP contribution in [0.3, 0.4) is 0 Å². The van der Waals surface area contributed by atoms with Crippen molar-refractivity contribution in [1.82, 2.24) is 4.31 Å². The Kier molecular flexibility index (Phi) is 5.61. The van der Waals surface area contributed by atoms with Gasteiger partial charge in [0, 0.05) is 19.2 Å². The van der Waals surface area contributed by atoms with Crippen molar-refractivity contribution in [1.29, 1.82) is 0 Å². The zero-order valence-electron chi connectivity index (χ0n) is 15.1. The zero-order chi connectivity index (χ0) is 20.6. The quantitative estimate of drug-likeness (QED) is 0.513. The summed E-state index contributed by atoms with van der Waals surface area (Å²) < 4.78 is 43.1. The molecule has 2 aliphatic heterocycles. The van der Waals surface area contributed by atoms with Crippen LogP contribution in [0.4, 0.5) is 0 Å². The van der Waals surface area contributed by atoms with E-state index in [1.54, 1.807) is 24.3 Å². The van der Waals surface area contributed by atoms with E-state index in [1.807, 2.05) is 0 Å². The molecular weight excluding hydrogens is 441 g/mol. The number of halogens is 2. The number of hydrogen-bond donors (Lipinski definition) is 0. The summed E-state index contributed by atoms with van der Waals surface area (Å²) in [5.74, 6) is 0.664. The van der Waals surface area contributed by atoms with Crippen LogP contribution in [0, 0.1) is 5.92 Å². The summed E-state index contributed by atoms with van der Waals surface area (Å²) in [4.78, 5) is 12.4. The highest BCUT2D eigenvalue weighted by atomic mass is 35.5. The smallest absolute Gasteiger partial charge is 0.314 e. The first-order valence-corrected chi connectivity index (χ1v) is 11.1. The van der Waals surface area contributed by atoms with E-state index in [0.717, 1.165) is 0 Å². The minimum absolute atomic E-state index is 0.0711. The van der Waals surface area contributed by atoms with Gasteiger partial charge in [-0.2, -0.15) is 4.31 Å². The van der Waals surface area contributed by atoms with Gasteiger partial charge in [-0.25, -0.2) is 8.42 Å². The molecule has 1 fully saturated rings. The Morgan fingerprint density at radius 1 is 1.03 bits per heavy atom. The first-order chi connectivity index (χ1) is 13.9. The van der Waals surface area contributed by atoms with Crippen molar-refractivity contribution < 1.29 is 27.4 Å². The molecule has 0 N–H and O–H groups in total. The van der Waals surface area contributed by atoms with Crippen LogP contribution in [-0.4, -0.2) is 38.6 Å². The van der Waals surface area contributed by atoms with Gasteiger partial charge in [-0.15, -0.1) is 0 Å². The summed E-state index contributed by atoms with van der Waals surface area (Å²) in [6, 6.07) is 9.45. The fourth-order valence-corrected chi connectivity index (χ4v) is 5.89. The number of fused-ring (bicyclic) bond motifs is 1. The second-order valence-corrected chi connectivity index (χ2v) is 9.35. The second kappa shape index (κ2) is 8.02. The summed E-state index contributed by atoms with van der Waals surface area (Å²) in [5, 5.41) is 0.142. The van der Waals surface area contributed by atoms with Gasteiger partial charge in [0.2, 0.25) is 16.8 Å². The topological polar surface area (TPSA) is 82.1 Å². The maximum atomic E-state index is 12.9. The third-order valence-electron chi connectivity index (χ3n) is 4.87. The Labute approximate surface area is 178 Å². The number of rotatable bonds is 4. The highest BCUT2D eigenvalue weighted by molar-refractivity contribution is 7.89. The predicted octanol–water partition coefficient (Wildman–Crippen LogP) is 3.73. The molecule has 0 bridgehead atoms. The number of ether oxygens (including phenoxy) is 3. The lowest BCUT2D eigenvalue weighted by atomic mass is 9.98. The molecule has 10 heteroatoms. The highest BCUT2D eigenvalue weighted by Crippen LogP contribution is 2.36. The van der Waals surface area contributed by atoms with Crippen molar-refractivity contribution in [2.45, 2.75) is 17.7 Å². The molecule has 0 unspecified atom stereocenters. The van der Waals surface area contributed by atoms with Gasteiger partial charge >= 0.3 is 5.97 Å². The second-order valence-electron chi connectivity index (χ2n) is 6.67. The molecule has 2 aromatic carbocycles. The fourth-order valence-electron chi connectivity index (χ4n) is 3.33. The molecule has 2 heterocycles. The molecule has 1 saturated heterocycles. The van der Waals surface area contributed by atoms with E-state index in [4.69, 9.17) is 37.4 Å². The lowest BCUT2D eigenvalue weighted by Crippen LogP contribution is -2.41. The van der Waals surface area contributed by atoms with Crippen LogP contribution in [0.1, 0.15) is 12.8 Å². The summed E-state index contributed by atoms with van der Waals surface area (Å²) in [6.07, 6.45) is 0.676. The average molecular weight is 458 g/mol. The Balaban J connectivity index is 1.41. The van der Waals surface area contributed by atoms with Gasteiger partial charge in [0.25, 0.3) is 0 Å². The molecule has 4 rings (SSSR count). The SMILES string of the molecule is O=C(Oc1ccc2c(c1)OCO2)C1CCN(S(=O)(=O)c2c(Cl)cccc2Cl)CC1. The van der Waals surface area contributed by atoms with Gasteiger partial charge < -0.3 is 14.2 Å². The molecule has 0 aromatic heterocycles. The molecule has 29 heavy (non-hydrogen) atoms. The molecule has 0 spiro atoms. The standard InChI is InChI=1S/C19H17Cl2NO6S/c20-14-2-1-3-15(21)18(14)29(24,25)22-8-6-12(7-9-22)19(23)28-13-4-5-16-17(10-13)27-11-26-16/h1-5,10,12H,6-9,11H2. The maximum absolute atomic E-state index is 12.9. The van der Waals surface area contributed by atoms with Crippen molar-refractivity contribution in [3.63, 3.8) is 0 Å². The van der Waals surface area contributed by atoms with Crippen LogP contribution >= 0.6 is 23.2 Å². The molecule has 0 atom stereocenters. The van der Waals surface area contributed by atoms with E-state index in [9.17, 15) is 13.2 Å². The fraction of sp³-hybridized carbons (Fsp3) is 0.316. The van der Waals surface area contributed by atoms with Crippen LogP contribution in [-0.2, 0) is 14.8 Å². The van der Waals surface area contributed by atoms with Gasteiger partial charge in [0.05, 0.1) is 16.0 Å². The molecule has 7 nitrogen and oxygen atoms in total. The van der Waals surface area contributed by atoms with E-state index in [1.165, 1.54) is 16.4 Å². The van der Waals surface area contributed by atoms with E-state index in [0.29, 0.717) is 30.1 Å². The predicted molar refractivity (Wildman–Crippen MR) is 106 cm³/mol. The first-order valence-electron chi connectivity index (χ1n) is 8.92. The first kappa shape index (κ1) is 20.3. The normalized spacial score (nSPS) is 17.3. The molecule has 2 aliphatic rings. The van der Waals surface area contributed by atoms with E-state index >= 15 is 0 Å². The summed E-state index contributed by atoms with van der Waals surface area (Å²) in [7, 11) is -3.85. The van der Waals surface area contributed by atoms with E-state index in [2.05, 4.69) is 0 Å². The van der Waals surface area contributed by atoms with Gasteiger partial charge in [-0.1, -0.05) is 29.3 Å². The Bertz CT molecular complexity index is 1030. The van der Waals surface area contributed by atoms with E-state index in [-0.39, 0.29) is 34.8 Å². The molecule has 0 aliphatic carbocycles. The Morgan fingerprint density at radius 3 is 2.38 bits per heavy atom. The lowest BCUT2D eigenvalue weighted by Gasteiger charge is -2.30. The van der Waals surface area contributed by atoms with Crippen molar-refractivity contribution >= 4 is 39.2 Å². The van der Waals surface area contributed by atoms with Crippen molar-refractivity contribution in [2.24, 2.45) is 5.92 Å². The third-order valence-corrected chi connectivity index (χ3v) is 7.72. The lowest BCUT2D eigenvalue weighted by molar-refractivity contribution is -0.140. The number of benzene rings is 2. The van der Waals surface area contributed by atoms with Gasteiger partial charge in [0.15, 0.2) is 11.5 Å². The number of sulfonamides is 1. The van der Waals surface area contributed by atoms with Crippen LogP contribution in [0.5, 0.6) is 17.2 Å². The minimum atomic E-state index is -3.85. The molecular formula is C19H17Cl2NO6S. The van der Waals surface area contributed by atoms with Crippen LogP contribution in [0.2, 0.25) is 10.0 Å². The monoisotopic (exact) mass is 457 g/mol. The maximum Gasteiger partial charge on any atom is 0.314 e. The number of nitrogens with zero attached hydrogens (tertiary/aromatic N) is 1. The number of piperidine rings is 1. The Morgan fingerprint density at radius 2 is 1.69 bits per heavy atom. The number of hydrogen-bond acceptors (Lipinski definition) is 6. The largest absolute Gasteiger partial charge is 0.454 e. The Hall–Kier alpha value is -2.00. The molecule has 2 aromatic rings. The van der Waals surface area contributed by atoms with Crippen molar-refractivity contribution in [2.75, 3.05) is 19.9 Å². The highest BCUT2D eigenvalue weighted by Gasteiger charge is 2.35. The zero-order valence-corrected chi connectivity index (χ0v) is 17.5. The van der Waals surface area contributed by atoms with Gasteiger partial charge in [-0.05, 0) is 37.1 Å². The molecule has 0 amide bonds. The molecule has 154 valence electrons. The average Bonchev–Trinajstić information content (AvgIpc) is 3.15. The summed E-state index contributed by atoms with van der Waals surface area (Å²) in [5.41, 5.74) is 0. The molecule has 0 saturated carbocycles. The van der Waals surface area contributed by atoms with Crippen LogP contribution < -0.4 is 14.2 Å². The number of carbonyl (C=O) groups excluding carboxylic acids is 1. The van der Waals surface area contributed by atoms with Crippen LogP contribution in [0.25, 0.3) is 0 Å². The number of esters is 1.